The Balaban J connectivity index is 1.62. The number of rotatable bonds is 82. The first-order chi connectivity index (χ1) is 52.6. The second kappa shape index (κ2) is 73.6. The number of benzene rings is 4. The highest BCUT2D eigenvalue weighted by molar-refractivity contribution is 8.03. The minimum absolute atomic E-state index is 0.115. The summed E-state index contributed by atoms with van der Waals surface area (Å²) >= 11 is 12.5. The molecular weight excluding hydrogens is 1400 g/mol. The zero-order chi connectivity index (χ0) is 75.2. The minimum atomic E-state index is 0.115. The highest BCUT2D eigenvalue weighted by atomic mass is 32.2. The van der Waals surface area contributed by atoms with E-state index in [0.717, 1.165) is 5.75 Å². The molecule has 0 aliphatic rings. The van der Waals surface area contributed by atoms with Crippen LogP contribution in [0.2, 0.25) is 0 Å². The maximum absolute atomic E-state index is 10.8. The molecule has 0 bridgehead atoms. The third-order valence-electron chi connectivity index (χ3n) is 23.1. The Kier molecular flexibility index (Phi) is 68.1. The second-order valence-electron chi connectivity index (χ2n) is 33.0. The molecule has 0 radical (unpaired) electrons. The van der Waals surface area contributed by atoms with Gasteiger partial charge in [0.05, 0.1) is 5.94 Å². The molecule has 0 heterocycles. The van der Waals surface area contributed by atoms with Crippen LogP contribution in [-0.2, 0) is 0 Å². The van der Waals surface area contributed by atoms with Gasteiger partial charge in [0, 0.05) is 29.4 Å². The van der Waals surface area contributed by atoms with Crippen molar-refractivity contribution in [3.8, 4) is 0 Å². The van der Waals surface area contributed by atoms with Crippen molar-refractivity contribution in [3.63, 3.8) is 0 Å². The first-order valence-corrected chi connectivity index (χ1v) is 53.4. The van der Waals surface area contributed by atoms with E-state index in [-0.39, 0.29) is 5.94 Å². The molecule has 0 aliphatic carbocycles. The number of hydrogen-bond acceptors (Lipinski definition) is 7. The van der Waals surface area contributed by atoms with Crippen LogP contribution in [0.3, 0.4) is 0 Å². The molecule has 0 unspecified atom stereocenters. The monoisotopic (exact) mass is 1570 g/mol. The van der Waals surface area contributed by atoms with E-state index >= 15 is 0 Å². The molecule has 4 rings (SSSR count). The van der Waals surface area contributed by atoms with Gasteiger partial charge in [0.2, 0.25) is 0 Å². The van der Waals surface area contributed by atoms with Crippen LogP contribution in [0, 0.1) is 0 Å². The number of fused-ring (bicyclic) bond motifs is 6. The van der Waals surface area contributed by atoms with Crippen LogP contribution in [-0.4, -0.2) is 39.8 Å². The maximum atomic E-state index is 10.8. The Morgan fingerprint density at radius 1 is 0.151 bits per heavy atom. The summed E-state index contributed by atoms with van der Waals surface area (Å²) < 4.78 is 0. The average molecular weight is 1570 g/mol. The standard InChI is InChI=1S/C99H174OS6/c1-6-11-16-21-26-31-36-41-46-51-56-61-66-71-76-101-94-81-88-89-82-95(102-77-72-67-62-57-52-47-42-37-32-27-22-17-12-7-2)97(104-79-74-69-64-59-54-49-44-39-34-29-24-19-14-9-4)84-91(89)93-86-99(106-87-100)98(105-80-75-70-65-60-55-50-45-40-35-30-25-20-15-10-5)85-92(93)90(88)83-96(94)103-78-73-68-63-58-53-48-43-38-33-28-23-18-13-8-3/h81-86,100H,6-80,87H2,1-5H3. The number of aliphatic hydroxyl groups excluding tert-OH is 1. The van der Waals surface area contributed by atoms with Gasteiger partial charge in [-0.1, -0.05) is 464 Å². The number of thioether (sulfide) groups is 6. The number of hydrogen-bond donors (Lipinski definition) is 1. The van der Waals surface area contributed by atoms with Crippen molar-refractivity contribution in [2.75, 3.05) is 34.7 Å². The molecule has 4 aromatic carbocycles. The van der Waals surface area contributed by atoms with Crippen molar-refractivity contribution in [1.29, 1.82) is 0 Å². The van der Waals surface area contributed by atoms with Gasteiger partial charge in [-0.2, -0.15) is 0 Å². The van der Waals surface area contributed by atoms with Crippen LogP contribution in [0.15, 0.2) is 65.8 Å². The zero-order valence-corrected chi connectivity index (χ0v) is 76.0. The fraction of sp³-hybridized carbons (Fsp3) is 0.818. The lowest BCUT2D eigenvalue weighted by molar-refractivity contribution is 0.375. The predicted octanol–water partition coefficient (Wildman–Crippen LogP) is 38.1. The van der Waals surface area contributed by atoms with E-state index in [1.165, 1.54) is 534 Å². The normalized spacial score (nSPS) is 11.9. The van der Waals surface area contributed by atoms with E-state index in [9.17, 15) is 5.11 Å². The molecule has 7 heteroatoms. The molecule has 4 aromatic rings. The topological polar surface area (TPSA) is 20.2 Å². The molecule has 0 saturated heterocycles. The SMILES string of the molecule is CCCCCCCCCCCCCCCCSc1cc2c(cc1SCO)c1cc(SCCCCCCCCCCCCCCCC)c(SCCCCCCCCCCCCCCCC)cc1c1cc(SCCCCCCCCCCCCCCCC)c(SCCCCCCCCCCCCCCCC)cc21. The Hall–Kier alpha value is -0.280. The summed E-state index contributed by atoms with van der Waals surface area (Å²) in [5, 5.41) is 19.5. The number of aliphatic hydroxyl groups is 1. The van der Waals surface area contributed by atoms with Gasteiger partial charge in [0.1, 0.15) is 0 Å². The van der Waals surface area contributed by atoms with E-state index in [4.69, 9.17) is 0 Å². The molecular formula is C99H174OS6. The molecule has 612 valence electrons. The lowest BCUT2D eigenvalue weighted by atomic mass is 9.94. The molecule has 0 spiro atoms. The smallest absolute Gasteiger partial charge is 0.0932 e. The molecule has 0 aromatic heterocycles. The molecule has 0 saturated carbocycles. The molecule has 1 N–H and O–H groups in total. The largest absolute Gasteiger partial charge is 0.385 e. The summed E-state index contributed by atoms with van der Waals surface area (Å²) in [6.45, 7) is 11.6. The van der Waals surface area contributed by atoms with Gasteiger partial charge in [-0.3, -0.25) is 0 Å². The van der Waals surface area contributed by atoms with Crippen LogP contribution in [0.25, 0.3) is 32.3 Å². The Morgan fingerprint density at radius 2 is 0.255 bits per heavy atom. The number of unbranched alkanes of at least 4 members (excludes halogenated alkanes) is 65. The van der Waals surface area contributed by atoms with Gasteiger partial charge in [0.15, 0.2) is 0 Å². The van der Waals surface area contributed by atoms with Crippen LogP contribution >= 0.6 is 70.6 Å². The van der Waals surface area contributed by atoms with E-state index in [1.807, 2.05) is 0 Å². The van der Waals surface area contributed by atoms with Crippen LogP contribution in [0.1, 0.15) is 484 Å². The Bertz CT molecular complexity index is 2510. The fourth-order valence-electron chi connectivity index (χ4n) is 16.2. The van der Waals surface area contributed by atoms with Gasteiger partial charge in [-0.15, -0.1) is 58.8 Å². The summed E-state index contributed by atoms with van der Waals surface area (Å²) in [7, 11) is 0. The summed E-state index contributed by atoms with van der Waals surface area (Å²) in [5.74, 6) is 6.09. The van der Waals surface area contributed by atoms with Gasteiger partial charge in [0.25, 0.3) is 0 Å². The summed E-state index contributed by atoms with van der Waals surface area (Å²) in [6, 6.07) is 16.0. The molecule has 0 amide bonds. The molecule has 1 nitrogen and oxygen atoms in total. The van der Waals surface area contributed by atoms with Crippen molar-refractivity contribution in [3.05, 3.63) is 36.4 Å². The summed E-state index contributed by atoms with van der Waals surface area (Å²) in [6.07, 6.45) is 98.6. The molecule has 106 heavy (non-hydrogen) atoms. The van der Waals surface area contributed by atoms with Crippen LogP contribution in [0.5, 0.6) is 0 Å². The summed E-state index contributed by atoms with van der Waals surface area (Å²) in [5.41, 5.74) is 0. The lowest BCUT2D eigenvalue weighted by Crippen LogP contribution is -1.94. The van der Waals surface area contributed by atoms with Crippen molar-refractivity contribution in [2.45, 2.75) is 513 Å². The third-order valence-corrected chi connectivity index (χ3v) is 30.0. The predicted molar refractivity (Wildman–Crippen MR) is 497 cm³/mol. The Labute approximate surface area is 687 Å². The summed E-state index contributed by atoms with van der Waals surface area (Å²) in [4.78, 5) is 8.74. The van der Waals surface area contributed by atoms with E-state index in [2.05, 4.69) is 130 Å². The van der Waals surface area contributed by atoms with E-state index in [0.29, 0.717) is 0 Å². The molecule has 0 aliphatic heterocycles. The van der Waals surface area contributed by atoms with Gasteiger partial charge in [-0.05, 0) is 130 Å². The van der Waals surface area contributed by atoms with Crippen molar-refractivity contribution < 1.29 is 5.11 Å². The highest BCUT2D eigenvalue weighted by Crippen LogP contribution is 2.48. The quantitative estimate of drug-likeness (QED) is 0.0203. The van der Waals surface area contributed by atoms with Crippen LogP contribution < -0.4 is 0 Å². The van der Waals surface area contributed by atoms with Crippen molar-refractivity contribution in [2.24, 2.45) is 0 Å². The lowest BCUT2D eigenvalue weighted by Gasteiger charge is -2.19. The highest BCUT2D eigenvalue weighted by Gasteiger charge is 2.20. The zero-order valence-electron chi connectivity index (χ0n) is 71.1. The molecule has 0 fully saturated rings. The third kappa shape index (κ3) is 50.2. The van der Waals surface area contributed by atoms with E-state index in [1.54, 1.807) is 11.8 Å². The first kappa shape index (κ1) is 98.1. The van der Waals surface area contributed by atoms with Crippen LogP contribution in [0.4, 0.5) is 0 Å². The maximum Gasteiger partial charge on any atom is 0.0932 e. The van der Waals surface area contributed by atoms with Gasteiger partial charge < -0.3 is 5.11 Å². The first-order valence-electron chi connectivity index (χ1n) is 47.5. The van der Waals surface area contributed by atoms with Gasteiger partial charge in [-0.25, -0.2) is 0 Å². The van der Waals surface area contributed by atoms with Crippen molar-refractivity contribution >= 4 is 103 Å². The minimum Gasteiger partial charge on any atom is -0.385 e. The molecule has 0 atom stereocenters. The fourth-order valence-corrected chi connectivity index (χ4v) is 22.6. The van der Waals surface area contributed by atoms with Crippen molar-refractivity contribution in [1.82, 2.24) is 0 Å². The van der Waals surface area contributed by atoms with E-state index < -0.39 is 0 Å². The second-order valence-corrected chi connectivity index (χ2v) is 39.7. The Morgan fingerprint density at radius 3 is 0.368 bits per heavy atom. The van der Waals surface area contributed by atoms with Gasteiger partial charge >= 0.3 is 0 Å². The average Bonchev–Trinajstić information content (AvgIpc) is 0.727.